The summed E-state index contributed by atoms with van der Waals surface area (Å²) in [4.78, 5) is 11.8. The topological polar surface area (TPSA) is 41.1 Å². The molecule has 2 fully saturated rings. The van der Waals surface area contributed by atoms with Crippen molar-refractivity contribution in [2.24, 2.45) is 5.92 Å². The average molecular weight is 288 g/mol. The Kier molecular flexibility index (Phi) is 4.61. The van der Waals surface area contributed by atoms with Crippen molar-refractivity contribution in [1.29, 1.82) is 0 Å². The highest BCUT2D eigenvalue weighted by molar-refractivity contribution is 5.44. The van der Waals surface area contributed by atoms with E-state index in [1.165, 1.54) is 44.9 Å². The van der Waals surface area contributed by atoms with Gasteiger partial charge >= 0.3 is 0 Å². The maximum Gasteiger partial charge on any atom is 0.227 e. The summed E-state index contributed by atoms with van der Waals surface area (Å²) in [5, 5.41) is 3.63. The summed E-state index contributed by atoms with van der Waals surface area (Å²) in [5.41, 5.74) is 1.07. The molecule has 1 aromatic rings. The van der Waals surface area contributed by atoms with Crippen LogP contribution in [-0.4, -0.2) is 29.1 Å². The molecule has 0 aromatic carbocycles. The minimum Gasteiger partial charge on any atom is -0.367 e. The zero-order valence-corrected chi connectivity index (χ0v) is 13.4. The van der Waals surface area contributed by atoms with Gasteiger partial charge in [-0.3, -0.25) is 0 Å². The molecule has 2 aliphatic rings. The van der Waals surface area contributed by atoms with Crippen LogP contribution in [0.1, 0.15) is 57.6 Å². The third-order valence-electron chi connectivity index (χ3n) is 4.87. The van der Waals surface area contributed by atoms with Crippen LogP contribution in [0.3, 0.4) is 0 Å². The van der Waals surface area contributed by atoms with E-state index in [0.717, 1.165) is 36.5 Å². The van der Waals surface area contributed by atoms with Crippen LogP contribution in [0, 0.1) is 12.8 Å². The van der Waals surface area contributed by atoms with Crippen LogP contribution in [0.4, 0.5) is 11.8 Å². The number of hydrogen-bond acceptors (Lipinski definition) is 4. The predicted octanol–water partition coefficient (Wildman–Crippen LogP) is 3.77. The van der Waals surface area contributed by atoms with Crippen molar-refractivity contribution in [3.63, 3.8) is 0 Å². The van der Waals surface area contributed by atoms with E-state index in [1.807, 2.05) is 0 Å². The predicted molar refractivity (Wildman–Crippen MR) is 87.9 cm³/mol. The molecule has 2 heterocycles. The summed E-state index contributed by atoms with van der Waals surface area (Å²) < 4.78 is 0. The summed E-state index contributed by atoms with van der Waals surface area (Å²) in [5.74, 6) is 2.77. The largest absolute Gasteiger partial charge is 0.367 e. The third kappa shape index (κ3) is 3.86. The minimum atomic E-state index is 0.599. The molecule has 4 nitrogen and oxygen atoms in total. The molecule has 3 rings (SSSR count). The molecule has 1 aliphatic carbocycles. The highest BCUT2D eigenvalue weighted by Gasteiger charge is 2.19. The lowest BCUT2D eigenvalue weighted by atomic mass is 9.95. The fourth-order valence-electron chi connectivity index (χ4n) is 3.43. The minimum absolute atomic E-state index is 0.599. The quantitative estimate of drug-likeness (QED) is 0.919. The molecule has 0 atom stereocenters. The van der Waals surface area contributed by atoms with Gasteiger partial charge in [0.25, 0.3) is 0 Å². The van der Waals surface area contributed by atoms with E-state index < -0.39 is 0 Å². The van der Waals surface area contributed by atoms with Crippen LogP contribution in [0.25, 0.3) is 0 Å². The zero-order chi connectivity index (χ0) is 14.7. The fraction of sp³-hybridized carbons (Fsp3) is 0.765. The molecule has 1 saturated heterocycles. The SMILES string of the molecule is Cc1cc(NC2CCCCC2)nc(N2CCC(C)CC2)n1. The highest BCUT2D eigenvalue weighted by Crippen LogP contribution is 2.24. The van der Waals surface area contributed by atoms with Crippen LogP contribution < -0.4 is 10.2 Å². The lowest BCUT2D eigenvalue weighted by Gasteiger charge is -2.31. The number of hydrogen-bond donors (Lipinski definition) is 1. The number of nitrogens with one attached hydrogen (secondary N) is 1. The molecule has 0 spiro atoms. The van der Waals surface area contributed by atoms with E-state index in [-0.39, 0.29) is 0 Å². The Hall–Kier alpha value is -1.32. The van der Waals surface area contributed by atoms with Gasteiger partial charge in [0.1, 0.15) is 5.82 Å². The van der Waals surface area contributed by atoms with Gasteiger partial charge in [-0.2, -0.15) is 4.98 Å². The van der Waals surface area contributed by atoms with Crippen molar-refractivity contribution in [3.8, 4) is 0 Å². The van der Waals surface area contributed by atoms with Crippen LogP contribution in [0.5, 0.6) is 0 Å². The lowest BCUT2D eigenvalue weighted by Crippen LogP contribution is -2.34. The van der Waals surface area contributed by atoms with Gasteiger partial charge < -0.3 is 10.2 Å². The molecule has 0 amide bonds. The fourth-order valence-corrected chi connectivity index (χ4v) is 3.43. The van der Waals surface area contributed by atoms with Crippen LogP contribution in [0.15, 0.2) is 6.07 Å². The zero-order valence-electron chi connectivity index (χ0n) is 13.4. The van der Waals surface area contributed by atoms with Crippen molar-refractivity contribution in [3.05, 3.63) is 11.8 Å². The van der Waals surface area contributed by atoms with Gasteiger partial charge in [-0.15, -0.1) is 0 Å². The second-order valence-electron chi connectivity index (χ2n) is 6.84. The first kappa shape index (κ1) is 14.6. The smallest absolute Gasteiger partial charge is 0.227 e. The van der Waals surface area contributed by atoms with Crippen molar-refractivity contribution in [2.75, 3.05) is 23.3 Å². The molecule has 0 bridgehead atoms. The Labute approximate surface area is 128 Å². The van der Waals surface area contributed by atoms with Gasteiger partial charge in [0.2, 0.25) is 5.95 Å². The molecule has 21 heavy (non-hydrogen) atoms. The van der Waals surface area contributed by atoms with E-state index in [1.54, 1.807) is 0 Å². The van der Waals surface area contributed by atoms with E-state index in [9.17, 15) is 0 Å². The van der Waals surface area contributed by atoms with Gasteiger partial charge in [-0.1, -0.05) is 26.2 Å². The first-order valence-corrected chi connectivity index (χ1v) is 8.58. The normalized spacial score (nSPS) is 21.5. The number of rotatable bonds is 3. The van der Waals surface area contributed by atoms with Crippen LogP contribution in [0.2, 0.25) is 0 Å². The Balaban J connectivity index is 1.70. The second kappa shape index (κ2) is 6.63. The monoisotopic (exact) mass is 288 g/mol. The van der Waals surface area contributed by atoms with Gasteiger partial charge in [-0.25, -0.2) is 4.98 Å². The Morgan fingerprint density at radius 1 is 1.05 bits per heavy atom. The number of anilines is 2. The number of aromatic nitrogens is 2. The Bertz CT molecular complexity index is 460. The van der Waals surface area contributed by atoms with E-state index in [0.29, 0.717) is 6.04 Å². The lowest BCUT2D eigenvalue weighted by molar-refractivity contribution is 0.434. The Morgan fingerprint density at radius 3 is 2.48 bits per heavy atom. The van der Waals surface area contributed by atoms with Crippen LogP contribution in [-0.2, 0) is 0 Å². The van der Waals surface area contributed by atoms with E-state index in [2.05, 4.69) is 35.1 Å². The van der Waals surface area contributed by atoms with Gasteiger partial charge in [0, 0.05) is 30.9 Å². The van der Waals surface area contributed by atoms with Crippen molar-refractivity contribution in [2.45, 2.75) is 64.8 Å². The van der Waals surface area contributed by atoms with Crippen molar-refractivity contribution < 1.29 is 0 Å². The molecular weight excluding hydrogens is 260 g/mol. The molecule has 1 saturated carbocycles. The van der Waals surface area contributed by atoms with Gasteiger partial charge in [-0.05, 0) is 38.5 Å². The molecule has 4 heteroatoms. The van der Waals surface area contributed by atoms with Crippen LogP contribution >= 0.6 is 0 Å². The van der Waals surface area contributed by atoms with Crippen molar-refractivity contribution >= 4 is 11.8 Å². The number of nitrogens with zero attached hydrogens (tertiary/aromatic N) is 3. The molecule has 1 aliphatic heterocycles. The second-order valence-corrected chi connectivity index (χ2v) is 6.84. The Morgan fingerprint density at radius 2 is 1.76 bits per heavy atom. The summed E-state index contributed by atoms with van der Waals surface area (Å²) >= 11 is 0. The summed E-state index contributed by atoms with van der Waals surface area (Å²) in [6.45, 7) is 6.59. The van der Waals surface area contributed by atoms with Gasteiger partial charge in [0.15, 0.2) is 0 Å². The number of piperidine rings is 1. The summed E-state index contributed by atoms with van der Waals surface area (Å²) in [7, 11) is 0. The van der Waals surface area contributed by atoms with E-state index >= 15 is 0 Å². The summed E-state index contributed by atoms with van der Waals surface area (Å²) in [6.07, 6.45) is 9.14. The molecule has 0 unspecified atom stereocenters. The molecule has 0 radical (unpaired) electrons. The summed E-state index contributed by atoms with van der Waals surface area (Å²) in [6, 6.07) is 2.69. The van der Waals surface area contributed by atoms with Crippen molar-refractivity contribution in [1.82, 2.24) is 9.97 Å². The standard InChI is InChI=1S/C17H28N4/c1-13-8-10-21(11-9-13)17-18-14(2)12-16(20-17)19-15-6-4-3-5-7-15/h12-13,15H,3-11H2,1-2H3,(H,18,19,20). The van der Waals surface area contributed by atoms with Gasteiger partial charge in [0.05, 0.1) is 0 Å². The van der Waals surface area contributed by atoms with E-state index in [4.69, 9.17) is 4.98 Å². The average Bonchev–Trinajstić information content (AvgIpc) is 2.48. The first-order chi connectivity index (χ1) is 10.2. The molecular formula is C17H28N4. The molecule has 1 N–H and O–H groups in total. The third-order valence-corrected chi connectivity index (χ3v) is 4.87. The molecule has 1 aromatic heterocycles. The molecule has 116 valence electrons. The number of aryl methyl sites for hydroxylation is 1. The first-order valence-electron chi connectivity index (χ1n) is 8.58. The maximum absolute atomic E-state index is 4.78. The maximum atomic E-state index is 4.78. The highest BCUT2D eigenvalue weighted by atomic mass is 15.3.